The highest BCUT2D eigenvalue weighted by atomic mass is 35.5. The molecule has 0 saturated carbocycles. The van der Waals surface area contributed by atoms with Gasteiger partial charge in [-0.2, -0.15) is 0 Å². The van der Waals surface area contributed by atoms with Crippen molar-refractivity contribution in [2.45, 2.75) is 19.4 Å². The van der Waals surface area contributed by atoms with Gasteiger partial charge in [-0.3, -0.25) is 4.79 Å². The molecule has 3 N–H and O–H groups in total. The molecule has 7 heteroatoms. The van der Waals surface area contributed by atoms with Gasteiger partial charge >= 0.3 is 0 Å². The normalized spacial score (nSPS) is 10.8. The monoisotopic (exact) mass is 298 g/mol. The van der Waals surface area contributed by atoms with Crippen molar-refractivity contribution in [3.05, 3.63) is 34.4 Å². The minimum Gasteiger partial charge on any atom is -0.346 e. The predicted molar refractivity (Wildman–Crippen MR) is 69.2 cm³/mol. The minimum absolute atomic E-state index is 0. The molecule has 0 aliphatic rings. The first-order valence-electron chi connectivity index (χ1n) is 4.94. The molecule has 1 rings (SSSR count). The van der Waals surface area contributed by atoms with Crippen LogP contribution in [-0.4, -0.2) is 18.0 Å². The molecule has 0 aliphatic carbocycles. The molecule has 0 spiro atoms. The molecule has 0 bridgehead atoms. The summed E-state index contributed by atoms with van der Waals surface area (Å²) in [4.78, 5) is 11.8. The molecule has 1 amide bonds. The van der Waals surface area contributed by atoms with Crippen molar-refractivity contribution in [1.82, 2.24) is 5.32 Å². The van der Waals surface area contributed by atoms with Crippen molar-refractivity contribution in [1.29, 1.82) is 0 Å². The lowest BCUT2D eigenvalue weighted by Crippen LogP contribution is -2.48. The molecule has 0 aliphatic heterocycles. The SMILES string of the molecule is CC(C)(CN)NC(=O)c1cc(F)c(F)cc1Cl.Cl. The maximum atomic E-state index is 13.0. The first-order chi connectivity index (χ1) is 7.76. The second-order valence-electron chi connectivity index (χ2n) is 4.29. The maximum absolute atomic E-state index is 13.0. The molecule has 1 aromatic carbocycles. The summed E-state index contributed by atoms with van der Waals surface area (Å²) in [5.41, 5.74) is 4.68. The van der Waals surface area contributed by atoms with Gasteiger partial charge in [0, 0.05) is 12.1 Å². The van der Waals surface area contributed by atoms with Crippen LogP contribution in [-0.2, 0) is 0 Å². The lowest BCUT2D eigenvalue weighted by molar-refractivity contribution is 0.0915. The van der Waals surface area contributed by atoms with E-state index in [1.54, 1.807) is 13.8 Å². The molecule has 0 radical (unpaired) electrons. The largest absolute Gasteiger partial charge is 0.346 e. The van der Waals surface area contributed by atoms with E-state index < -0.39 is 23.1 Å². The van der Waals surface area contributed by atoms with Gasteiger partial charge in [-0.05, 0) is 26.0 Å². The molecule has 1 aromatic rings. The van der Waals surface area contributed by atoms with Crippen LogP contribution < -0.4 is 11.1 Å². The summed E-state index contributed by atoms with van der Waals surface area (Å²) in [6.45, 7) is 3.62. The van der Waals surface area contributed by atoms with E-state index in [2.05, 4.69) is 5.32 Å². The first-order valence-corrected chi connectivity index (χ1v) is 5.32. The Morgan fingerprint density at radius 2 is 1.89 bits per heavy atom. The van der Waals surface area contributed by atoms with Crippen LogP contribution in [0, 0.1) is 11.6 Å². The van der Waals surface area contributed by atoms with Gasteiger partial charge in [-0.25, -0.2) is 8.78 Å². The van der Waals surface area contributed by atoms with Crippen LogP contribution in [0.25, 0.3) is 0 Å². The molecular weight excluding hydrogens is 285 g/mol. The van der Waals surface area contributed by atoms with Gasteiger partial charge in [-0.1, -0.05) is 11.6 Å². The van der Waals surface area contributed by atoms with Gasteiger partial charge in [0.25, 0.3) is 5.91 Å². The molecule has 0 atom stereocenters. The van der Waals surface area contributed by atoms with E-state index in [4.69, 9.17) is 17.3 Å². The van der Waals surface area contributed by atoms with Crippen LogP contribution in [0.2, 0.25) is 5.02 Å². The average Bonchev–Trinajstić information content (AvgIpc) is 2.22. The van der Waals surface area contributed by atoms with E-state index in [1.165, 1.54) is 0 Å². The topological polar surface area (TPSA) is 55.1 Å². The summed E-state index contributed by atoms with van der Waals surface area (Å²) in [5.74, 6) is -2.81. The fraction of sp³-hybridized carbons (Fsp3) is 0.364. The Bertz CT molecular complexity index is 453. The zero-order valence-electron chi connectivity index (χ0n) is 9.89. The molecule has 0 aromatic heterocycles. The standard InChI is InChI=1S/C11H13ClF2N2O.ClH/c1-11(2,5-15)16-10(17)6-3-8(13)9(14)4-7(6)12;/h3-4H,5,15H2,1-2H3,(H,16,17);1H. The smallest absolute Gasteiger partial charge is 0.253 e. The van der Waals surface area contributed by atoms with Gasteiger partial charge < -0.3 is 11.1 Å². The van der Waals surface area contributed by atoms with Crippen LogP contribution >= 0.6 is 24.0 Å². The predicted octanol–water partition coefficient (Wildman–Crippen LogP) is 2.51. The Labute approximate surface area is 115 Å². The highest BCUT2D eigenvalue weighted by Gasteiger charge is 2.22. The van der Waals surface area contributed by atoms with Crippen molar-refractivity contribution in [3.8, 4) is 0 Å². The Hall–Kier alpha value is -0.910. The highest BCUT2D eigenvalue weighted by molar-refractivity contribution is 6.33. The van der Waals surface area contributed by atoms with Crippen molar-refractivity contribution in [2.24, 2.45) is 5.73 Å². The number of hydrogen-bond donors (Lipinski definition) is 2. The Balaban J connectivity index is 0.00000289. The van der Waals surface area contributed by atoms with Gasteiger partial charge in [-0.15, -0.1) is 12.4 Å². The van der Waals surface area contributed by atoms with Gasteiger partial charge in [0.1, 0.15) is 0 Å². The summed E-state index contributed by atoms with van der Waals surface area (Å²) < 4.78 is 25.8. The van der Waals surface area contributed by atoms with Crippen LogP contribution in [0.15, 0.2) is 12.1 Å². The zero-order chi connectivity index (χ0) is 13.2. The fourth-order valence-electron chi connectivity index (χ4n) is 1.12. The molecular formula is C11H14Cl2F2N2O. The number of nitrogens with two attached hydrogens (primary N) is 1. The van der Waals surface area contributed by atoms with Crippen LogP contribution in [0.3, 0.4) is 0 Å². The van der Waals surface area contributed by atoms with Gasteiger partial charge in [0.05, 0.1) is 10.6 Å². The van der Waals surface area contributed by atoms with Gasteiger partial charge in [0.15, 0.2) is 11.6 Å². The number of hydrogen-bond acceptors (Lipinski definition) is 2. The van der Waals surface area contributed by atoms with Crippen LogP contribution in [0.4, 0.5) is 8.78 Å². The van der Waals surface area contributed by atoms with Crippen molar-refractivity contribution in [3.63, 3.8) is 0 Å². The second-order valence-corrected chi connectivity index (χ2v) is 4.70. The molecule has 18 heavy (non-hydrogen) atoms. The lowest BCUT2D eigenvalue weighted by Gasteiger charge is -2.24. The molecule has 0 saturated heterocycles. The Morgan fingerprint density at radius 1 is 1.39 bits per heavy atom. The van der Waals surface area contributed by atoms with E-state index in [0.717, 1.165) is 12.1 Å². The van der Waals surface area contributed by atoms with E-state index >= 15 is 0 Å². The molecule has 0 fully saturated rings. The number of rotatable bonds is 3. The molecule has 0 heterocycles. The minimum atomic E-state index is -1.12. The van der Waals surface area contributed by atoms with Crippen LogP contribution in [0.5, 0.6) is 0 Å². The first kappa shape index (κ1) is 17.1. The second kappa shape index (κ2) is 6.31. The summed E-state index contributed by atoms with van der Waals surface area (Å²) >= 11 is 5.67. The third-order valence-electron chi connectivity index (χ3n) is 2.22. The molecule has 3 nitrogen and oxygen atoms in total. The zero-order valence-corrected chi connectivity index (χ0v) is 11.5. The highest BCUT2D eigenvalue weighted by Crippen LogP contribution is 2.20. The summed E-state index contributed by atoms with van der Waals surface area (Å²) in [6, 6.07) is 1.53. The number of nitrogens with one attached hydrogen (secondary N) is 1. The molecule has 102 valence electrons. The number of carbonyl (C=O) groups is 1. The summed E-state index contributed by atoms with van der Waals surface area (Å²) in [5, 5.41) is 2.43. The van der Waals surface area contributed by atoms with Crippen molar-refractivity contribution >= 4 is 29.9 Å². The lowest BCUT2D eigenvalue weighted by atomic mass is 10.1. The van der Waals surface area contributed by atoms with Crippen molar-refractivity contribution < 1.29 is 13.6 Å². The maximum Gasteiger partial charge on any atom is 0.253 e. The Kier molecular flexibility index (Phi) is 5.99. The number of amides is 1. The average molecular weight is 299 g/mol. The van der Waals surface area contributed by atoms with Crippen molar-refractivity contribution in [2.75, 3.05) is 6.54 Å². The fourth-order valence-corrected chi connectivity index (χ4v) is 1.36. The number of benzene rings is 1. The Morgan fingerprint density at radius 3 is 2.39 bits per heavy atom. The van der Waals surface area contributed by atoms with Gasteiger partial charge in [0.2, 0.25) is 0 Å². The quantitative estimate of drug-likeness (QED) is 0.843. The van der Waals surface area contributed by atoms with E-state index in [0.29, 0.717) is 0 Å². The van der Waals surface area contributed by atoms with E-state index in [1.807, 2.05) is 0 Å². The van der Waals surface area contributed by atoms with E-state index in [-0.39, 0.29) is 29.5 Å². The van der Waals surface area contributed by atoms with Crippen LogP contribution in [0.1, 0.15) is 24.2 Å². The van der Waals surface area contributed by atoms with E-state index in [9.17, 15) is 13.6 Å². The summed E-state index contributed by atoms with van der Waals surface area (Å²) in [6.07, 6.45) is 0. The summed E-state index contributed by atoms with van der Waals surface area (Å²) in [7, 11) is 0. The number of carbonyl (C=O) groups excluding carboxylic acids is 1. The third-order valence-corrected chi connectivity index (χ3v) is 2.53. The third kappa shape index (κ3) is 4.08. The molecule has 0 unspecified atom stereocenters. The number of halogens is 4.